The summed E-state index contributed by atoms with van der Waals surface area (Å²) >= 11 is 3.05. The van der Waals surface area contributed by atoms with Gasteiger partial charge in [-0.25, -0.2) is 4.98 Å². The number of rotatable bonds is 5. The van der Waals surface area contributed by atoms with E-state index in [0.29, 0.717) is 16.9 Å². The number of aryl methyl sites for hydroxylation is 2. The molecule has 0 fully saturated rings. The first kappa shape index (κ1) is 16.1. The highest BCUT2D eigenvalue weighted by Gasteiger charge is 2.13. The first-order valence-electron chi connectivity index (χ1n) is 7.72. The Morgan fingerprint density at radius 1 is 1.04 bits per heavy atom. The molecule has 4 aromatic rings. The van der Waals surface area contributed by atoms with Gasteiger partial charge in [0.1, 0.15) is 5.76 Å². The molecule has 4 rings (SSSR count). The molecule has 0 atom stereocenters. The first-order chi connectivity index (χ1) is 12.2. The molecule has 0 aliphatic carbocycles. The number of hydrogen-bond acceptors (Lipinski definition) is 7. The van der Waals surface area contributed by atoms with Crippen LogP contribution in [0.15, 0.2) is 55.8 Å². The number of hydrogen-bond donors (Lipinski definition) is 0. The normalized spacial score (nSPS) is 11.1. The van der Waals surface area contributed by atoms with Crippen LogP contribution in [0.4, 0.5) is 0 Å². The van der Waals surface area contributed by atoms with E-state index in [1.807, 2.05) is 55.6 Å². The van der Waals surface area contributed by atoms with E-state index in [1.165, 1.54) is 11.8 Å². The maximum absolute atomic E-state index is 5.76. The summed E-state index contributed by atoms with van der Waals surface area (Å²) in [6.45, 7) is 3.95. The number of thioether (sulfide) groups is 1. The summed E-state index contributed by atoms with van der Waals surface area (Å²) in [5, 5.41) is 11.7. The molecule has 126 valence electrons. The number of furan rings is 1. The van der Waals surface area contributed by atoms with E-state index in [0.717, 1.165) is 33.3 Å². The van der Waals surface area contributed by atoms with Crippen molar-refractivity contribution < 1.29 is 8.83 Å². The summed E-state index contributed by atoms with van der Waals surface area (Å²) in [4.78, 5) is 4.60. The van der Waals surface area contributed by atoms with Gasteiger partial charge in [-0.1, -0.05) is 30.0 Å². The zero-order valence-corrected chi connectivity index (χ0v) is 15.4. The van der Waals surface area contributed by atoms with Crippen LogP contribution >= 0.6 is 23.1 Å². The maximum Gasteiger partial charge on any atom is 0.277 e. The quantitative estimate of drug-likeness (QED) is 0.441. The van der Waals surface area contributed by atoms with E-state index >= 15 is 0 Å². The van der Waals surface area contributed by atoms with Crippen LogP contribution in [0, 0.1) is 13.8 Å². The van der Waals surface area contributed by atoms with Gasteiger partial charge in [-0.05, 0) is 37.6 Å². The van der Waals surface area contributed by atoms with Crippen LogP contribution in [0.25, 0.3) is 22.2 Å². The predicted octanol–water partition coefficient (Wildman–Crippen LogP) is 5.36. The molecule has 25 heavy (non-hydrogen) atoms. The van der Waals surface area contributed by atoms with E-state index in [2.05, 4.69) is 15.2 Å². The molecule has 0 unspecified atom stereocenters. The second kappa shape index (κ2) is 6.85. The van der Waals surface area contributed by atoms with Crippen LogP contribution in [-0.2, 0) is 5.75 Å². The lowest BCUT2D eigenvalue weighted by Crippen LogP contribution is -1.81. The molecule has 0 N–H and O–H groups in total. The topological polar surface area (TPSA) is 65.0 Å². The van der Waals surface area contributed by atoms with Gasteiger partial charge in [0.2, 0.25) is 5.89 Å². The van der Waals surface area contributed by atoms with E-state index in [1.54, 1.807) is 11.3 Å². The SMILES string of the molecule is Cc1ccc(-c2nc(CSc3nnc(-c4ccccc4C)o3)cs2)o1. The summed E-state index contributed by atoms with van der Waals surface area (Å²) in [7, 11) is 0. The highest BCUT2D eigenvalue weighted by molar-refractivity contribution is 7.98. The Morgan fingerprint density at radius 3 is 2.72 bits per heavy atom. The van der Waals surface area contributed by atoms with Crippen molar-refractivity contribution in [2.75, 3.05) is 0 Å². The van der Waals surface area contributed by atoms with Crippen LogP contribution in [-0.4, -0.2) is 15.2 Å². The van der Waals surface area contributed by atoms with Crippen molar-refractivity contribution in [1.29, 1.82) is 0 Å². The Balaban J connectivity index is 1.44. The molecule has 0 radical (unpaired) electrons. The minimum atomic E-state index is 0.543. The maximum atomic E-state index is 5.76. The van der Waals surface area contributed by atoms with Gasteiger partial charge in [0.25, 0.3) is 5.22 Å². The van der Waals surface area contributed by atoms with Crippen molar-refractivity contribution in [2.45, 2.75) is 24.8 Å². The largest absolute Gasteiger partial charge is 0.459 e. The monoisotopic (exact) mass is 369 g/mol. The van der Waals surface area contributed by atoms with Crippen molar-refractivity contribution in [3.8, 4) is 22.2 Å². The molecule has 7 heteroatoms. The van der Waals surface area contributed by atoms with Crippen molar-refractivity contribution in [1.82, 2.24) is 15.2 Å². The molecule has 0 bridgehead atoms. The van der Waals surface area contributed by atoms with Gasteiger partial charge in [-0.15, -0.1) is 21.5 Å². The lowest BCUT2D eigenvalue weighted by molar-refractivity contribution is 0.465. The summed E-state index contributed by atoms with van der Waals surface area (Å²) in [6.07, 6.45) is 0. The molecule has 0 saturated carbocycles. The smallest absolute Gasteiger partial charge is 0.277 e. The van der Waals surface area contributed by atoms with Crippen LogP contribution in [0.1, 0.15) is 17.0 Å². The molecular weight excluding hydrogens is 354 g/mol. The van der Waals surface area contributed by atoms with E-state index in [9.17, 15) is 0 Å². The molecule has 0 amide bonds. The molecular formula is C18H15N3O2S2. The van der Waals surface area contributed by atoms with E-state index < -0.39 is 0 Å². The fourth-order valence-corrected chi connectivity index (χ4v) is 3.90. The molecule has 5 nitrogen and oxygen atoms in total. The average molecular weight is 369 g/mol. The van der Waals surface area contributed by atoms with Gasteiger partial charge in [-0.3, -0.25) is 0 Å². The van der Waals surface area contributed by atoms with Crippen LogP contribution < -0.4 is 0 Å². The predicted molar refractivity (Wildman–Crippen MR) is 98.6 cm³/mol. The van der Waals surface area contributed by atoms with Crippen molar-refractivity contribution in [2.24, 2.45) is 0 Å². The van der Waals surface area contributed by atoms with Gasteiger partial charge in [0, 0.05) is 16.7 Å². The second-order valence-corrected chi connectivity index (χ2v) is 7.32. The third-order valence-corrected chi connectivity index (χ3v) is 5.39. The average Bonchev–Trinajstić information content (AvgIpc) is 3.33. The molecule has 0 aliphatic rings. The van der Waals surface area contributed by atoms with E-state index in [4.69, 9.17) is 8.83 Å². The second-order valence-electron chi connectivity index (χ2n) is 5.53. The first-order valence-corrected chi connectivity index (χ1v) is 9.59. The number of thiazole rings is 1. The lowest BCUT2D eigenvalue weighted by atomic mass is 10.1. The van der Waals surface area contributed by atoms with Crippen LogP contribution in [0.3, 0.4) is 0 Å². The van der Waals surface area contributed by atoms with Gasteiger partial charge in [-0.2, -0.15) is 0 Å². The zero-order valence-electron chi connectivity index (χ0n) is 13.7. The molecule has 0 aliphatic heterocycles. The van der Waals surface area contributed by atoms with Gasteiger partial charge in [0.15, 0.2) is 10.8 Å². The van der Waals surface area contributed by atoms with Crippen molar-refractivity contribution >= 4 is 23.1 Å². The lowest BCUT2D eigenvalue weighted by Gasteiger charge is -1.98. The minimum absolute atomic E-state index is 0.543. The number of nitrogens with zero attached hydrogens (tertiary/aromatic N) is 3. The summed E-state index contributed by atoms with van der Waals surface area (Å²) in [5.41, 5.74) is 3.04. The Bertz CT molecular complexity index is 1000. The fourth-order valence-electron chi connectivity index (χ4n) is 2.36. The molecule has 1 aromatic carbocycles. The number of benzene rings is 1. The summed E-state index contributed by atoms with van der Waals surface area (Å²) in [6, 6.07) is 11.8. The molecule has 0 saturated heterocycles. The molecule has 3 aromatic heterocycles. The Morgan fingerprint density at radius 2 is 1.92 bits per heavy atom. The minimum Gasteiger partial charge on any atom is -0.459 e. The Kier molecular flexibility index (Phi) is 4.42. The van der Waals surface area contributed by atoms with Crippen LogP contribution in [0.2, 0.25) is 0 Å². The standard InChI is InChI=1S/C18H15N3O2S2/c1-11-5-3-4-6-14(11)16-20-21-18(23-16)25-10-13-9-24-17(19-13)15-8-7-12(2)22-15/h3-9H,10H2,1-2H3. The van der Waals surface area contributed by atoms with Gasteiger partial charge in [0.05, 0.1) is 5.69 Å². The number of aromatic nitrogens is 3. The van der Waals surface area contributed by atoms with Crippen molar-refractivity contribution in [3.05, 3.63) is 58.8 Å². The van der Waals surface area contributed by atoms with Gasteiger partial charge >= 0.3 is 0 Å². The zero-order chi connectivity index (χ0) is 17.2. The van der Waals surface area contributed by atoms with Crippen molar-refractivity contribution in [3.63, 3.8) is 0 Å². The van der Waals surface area contributed by atoms with Crippen LogP contribution in [0.5, 0.6) is 0 Å². The third kappa shape index (κ3) is 3.52. The Labute approximate surface area is 153 Å². The van der Waals surface area contributed by atoms with Gasteiger partial charge < -0.3 is 8.83 Å². The van der Waals surface area contributed by atoms with E-state index in [-0.39, 0.29) is 0 Å². The molecule has 0 spiro atoms. The third-order valence-electron chi connectivity index (χ3n) is 3.63. The molecule has 3 heterocycles. The summed E-state index contributed by atoms with van der Waals surface area (Å²) < 4.78 is 11.4. The Hall–Kier alpha value is -2.38. The highest BCUT2D eigenvalue weighted by Crippen LogP contribution is 2.30. The highest BCUT2D eigenvalue weighted by atomic mass is 32.2. The fraction of sp³-hybridized carbons (Fsp3) is 0.167. The summed E-state index contributed by atoms with van der Waals surface area (Å²) in [5.74, 6) is 2.91.